The van der Waals surface area contributed by atoms with Crippen molar-refractivity contribution < 1.29 is 37.0 Å². The number of carbonyl (C=O) groups excluding carboxylic acids is 1. The number of hydrogen-bond donors (Lipinski definition) is 1. The van der Waals surface area contributed by atoms with E-state index < -0.39 is 12.1 Å². The van der Waals surface area contributed by atoms with Gasteiger partial charge in [-0.3, -0.25) is 9.69 Å². The second kappa shape index (κ2) is 11.8. The molecule has 1 spiro atoms. The predicted octanol–water partition coefficient (Wildman–Crippen LogP) is 5.07. The number of carbonyl (C=O) groups is 2. The van der Waals surface area contributed by atoms with Crippen LogP contribution in [0.25, 0.3) is 0 Å². The Morgan fingerprint density at radius 2 is 1.78 bits per heavy atom. The Labute approximate surface area is 208 Å². The third-order valence-corrected chi connectivity index (χ3v) is 6.84. The minimum Gasteiger partial charge on any atom is -0.487 e. The van der Waals surface area contributed by atoms with E-state index in [1.165, 1.54) is 11.1 Å². The first-order chi connectivity index (χ1) is 17.1. The first kappa shape index (κ1) is 27.6. The highest BCUT2D eigenvalue weighted by Crippen LogP contribution is 2.46. The number of likely N-dealkylation sites (tertiary alicyclic amines) is 1. The maximum Gasteiger partial charge on any atom is 0.490 e. The molecule has 1 unspecified atom stereocenters. The molecule has 0 radical (unpaired) electrons. The topological polar surface area (TPSA) is 83.2 Å². The van der Waals surface area contributed by atoms with Gasteiger partial charge >= 0.3 is 12.1 Å². The smallest absolute Gasteiger partial charge is 0.487 e. The lowest BCUT2D eigenvalue weighted by Gasteiger charge is -2.47. The second-order valence-corrected chi connectivity index (χ2v) is 9.20. The lowest BCUT2D eigenvalue weighted by atomic mass is 9.76. The second-order valence-electron chi connectivity index (χ2n) is 9.20. The van der Waals surface area contributed by atoms with Crippen LogP contribution < -0.4 is 4.74 Å². The van der Waals surface area contributed by atoms with Gasteiger partial charge < -0.3 is 19.2 Å². The molecule has 1 atom stereocenters. The number of piperidine rings is 1. The summed E-state index contributed by atoms with van der Waals surface area (Å²) in [7, 11) is 0. The van der Waals surface area contributed by atoms with Gasteiger partial charge in [0.05, 0.1) is 12.5 Å². The number of ether oxygens (including phenoxy) is 1. The molecule has 1 N–H and O–H groups in total. The highest BCUT2D eigenvalue weighted by Gasteiger charge is 2.43. The van der Waals surface area contributed by atoms with Crippen LogP contribution in [-0.2, 0) is 16.1 Å². The van der Waals surface area contributed by atoms with Crippen LogP contribution in [0, 0.1) is 0 Å². The minimum atomic E-state index is -5.08. The molecule has 1 aromatic carbocycles. The molecule has 1 fully saturated rings. The molecule has 36 heavy (non-hydrogen) atoms. The number of carboxylic acids is 1. The summed E-state index contributed by atoms with van der Waals surface area (Å²) in [5.74, 6) is -1.30. The molecule has 1 saturated heterocycles. The van der Waals surface area contributed by atoms with E-state index in [-0.39, 0.29) is 17.4 Å². The van der Waals surface area contributed by atoms with Crippen molar-refractivity contribution in [3.63, 3.8) is 0 Å². The minimum absolute atomic E-state index is 0.157. The normalized spacial score (nSPS) is 19.0. The van der Waals surface area contributed by atoms with Crippen LogP contribution in [-0.4, -0.2) is 64.7 Å². The molecule has 7 nitrogen and oxygen atoms in total. The van der Waals surface area contributed by atoms with Gasteiger partial charge in [0.15, 0.2) is 0 Å². The molecule has 3 heterocycles. The molecule has 0 saturated carbocycles. The third kappa shape index (κ3) is 7.02. The number of rotatable bonds is 6. The van der Waals surface area contributed by atoms with Crippen molar-refractivity contribution in [3.8, 4) is 5.75 Å². The number of aliphatic carboxylic acids is 1. The lowest BCUT2D eigenvalue weighted by molar-refractivity contribution is -0.192. The van der Waals surface area contributed by atoms with Crippen LogP contribution >= 0.6 is 0 Å². The zero-order valence-electron chi connectivity index (χ0n) is 20.6. The average Bonchev–Trinajstić information content (AvgIpc) is 3.34. The van der Waals surface area contributed by atoms with Crippen LogP contribution in [0.2, 0.25) is 0 Å². The molecule has 2 aromatic rings. The summed E-state index contributed by atoms with van der Waals surface area (Å²) in [5, 5.41) is 7.12. The van der Waals surface area contributed by atoms with Gasteiger partial charge in [0.25, 0.3) is 0 Å². The molecule has 2 aliphatic heterocycles. The fourth-order valence-corrected chi connectivity index (χ4v) is 4.91. The van der Waals surface area contributed by atoms with E-state index in [2.05, 4.69) is 36.9 Å². The summed E-state index contributed by atoms with van der Waals surface area (Å²) in [5.41, 5.74) is 2.26. The third-order valence-electron chi connectivity index (χ3n) is 6.84. The highest BCUT2D eigenvalue weighted by atomic mass is 19.4. The number of furan rings is 1. The number of alkyl halides is 3. The van der Waals surface area contributed by atoms with Crippen LogP contribution in [0.4, 0.5) is 13.2 Å². The van der Waals surface area contributed by atoms with Crippen molar-refractivity contribution >= 4 is 11.9 Å². The van der Waals surface area contributed by atoms with Crippen molar-refractivity contribution in [2.24, 2.45) is 0 Å². The van der Waals surface area contributed by atoms with E-state index in [0.717, 1.165) is 57.7 Å². The molecule has 0 aliphatic carbocycles. The van der Waals surface area contributed by atoms with E-state index in [1.807, 2.05) is 23.3 Å². The molecule has 1 aromatic heterocycles. The van der Waals surface area contributed by atoms with Crippen molar-refractivity contribution in [3.05, 3.63) is 54.0 Å². The maximum atomic E-state index is 12.9. The number of hydrogen-bond acceptors (Lipinski definition) is 5. The van der Waals surface area contributed by atoms with Crippen LogP contribution in [0.3, 0.4) is 0 Å². The summed E-state index contributed by atoms with van der Waals surface area (Å²) in [6.45, 7) is 8.58. The first-order valence-corrected chi connectivity index (χ1v) is 12.2. The zero-order chi connectivity index (χ0) is 26.3. The number of halogens is 3. The van der Waals surface area contributed by atoms with Gasteiger partial charge in [-0.05, 0) is 50.8 Å². The number of carboxylic acid groups (broad SMARTS) is 1. The molecule has 10 heteroatoms. The van der Waals surface area contributed by atoms with Gasteiger partial charge in [-0.15, -0.1) is 0 Å². The van der Waals surface area contributed by atoms with Crippen LogP contribution in [0.15, 0.2) is 47.3 Å². The van der Waals surface area contributed by atoms with Crippen molar-refractivity contribution in [1.29, 1.82) is 0 Å². The number of fused-ring (bicyclic) bond motifs is 1. The summed E-state index contributed by atoms with van der Waals surface area (Å²) in [6.07, 6.45) is 1.97. The Morgan fingerprint density at radius 1 is 1.14 bits per heavy atom. The largest absolute Gasteiger partial charge is 0.490 e. The summed E-state index contributed by atoms with van der Waals surface area (Å²) in [6, 6.07) is 10.3. The van der Waals surface area contributed by atoms with Gasteiger partial charge in [-0.2, -0.15) is 13.2 Å². The van der Waals surface area contributed by atoms with E-state index in [4.69, 9.17) is 19.1 Å². The molecular weight excluding hydrogens is 477 g/mol. The Morgan fingerprint density at radius 3 is 2.33 bits per heavy atom. The van der Waals surface area contributed by atoms with E-state index in [0.29, 0.717) is 6.42 Å². The highest BCUT2D eigenvalue weighted by molar-refractivity contribution is 5.77. The van der Waals surface area contributed by atoms with Crippen molar-refractivity contribution in [1.82, 2.24) is 9.80 Å². The van der Waals surface area contributed by atoms with E-state index in [9.17, 15) is 18.0 Å². The lowest BCUT2D eigenvalue weighted by Crippen LogP contribution is -2.50. The number of para-hydroxylation sites is 1. The summed E-state index contributed by atoms with van der Waals surface area (Å²) in [4.78, 5) is 26.2. The van der Waals surface area contributed by atoms with Crippen molar-refractivity contribution in [2.45, 2.75) is 63.8 Å². The Bertz CT molecular complexity index is 997. The van der Waals surface area contributed by atoms with Crippen molar-refractivity contribution in [2.75, 3.05) is 26.2 Å². The maximum absolute atomic E-state index is 12.9. The number of nitrogens with zero attached hydrogens (tertiary/aromatic N) is 2. The fraction of sp³-hybridized carbons (Fsp3) is 0.538. The summed E-state index contributed by atoms with van der Waals surface area (Å²) >= 11 is 0. The van der Waals surface area contributed by atoms with E-state index in [1.54, 1.807) is 6.26 Å². The average molecular weight is 511 g/mol. The predicted molar refractivity (Wildman–Crippen MR) is 127 cm³/mol. The Balaban J connectivity index is 0.000000454. The summed E-state index contributed by atoms with van der Waals surface area (Å²) < 4.78 is 43.5. The van der Waals surface area contributed by atoms with Gasteiger partial charge in [-0.1, -0.05) is 18.2 Å². The zero-order valence-corrected chi connectivity index (χ0v) is 20.6. The SMILES string of the molecule is CCN(CC)C(=O)CC1CC2(CCN(Cc3ccoc3)CC2)Oc2ccccc21.O=C(O)C(F)(F)F. The van der Waals surface area contributed by atoms with Gasteiger partial charge in [0.1, 0.15) is 11.4 Å². The molecular formula is C26H33F3N2O5. The monoisotopic (exact) mass is 510 g/mol. The number of amides is 1. The molecule has 0 bridgehead atoms. The van der Waals surface area contributed by atoms with Crippen LogP contribution in [0.5, 0.6) is 5.75 Å². The standard InChI is InChI=1S/C24H32N2O3.C2HF3O2/c1-3-26(4-2)23(27)15-20-16-24(29-22-8-6-5-7-21(20)22)10-12-25(13-11-24)17-19-9-14-28-18-19;3-2(4,5)1(6)7/h5-9,14,18,20H,3-4,10-13,15-17H2,1-2H3;(H,6,7). The van der Waals surface area contributed by atoms with Crippen LogP contribution in [0.1, 0.15) is 56.6 Å². The van der Waals surface area contributed by atoms with Gasteiger partial charge in [0, 0.05) is 50.6 Å². The van der Waals surface area contributed by atoms with E-state index >= 15 is 0 Å². The Hall–Kier alpha value is -3.01. The molecule has 4 rings (SSSR count). The number of benzene rings is 1. The quantitative estimate of drug-likeness (QED) is 0.584. The molecule has 1 amide bonds. The fourth-order valence-electron chi connectivity index (χ4n) is 4.91. The Kier molecular flexibility index (Phi) is 9.05. The molecule has 198 valence electrons. The van der Waals surface area contributed by atoms with Gasteiger partial charge in [0.2, 0.25) is 5.91 Å². The molecule has 2 aliphatic rings. The van der Waals surface area contributed by atoms with Gasteiger partial charge in [-0.25, -0.2) is 4.79 Å². The first-order valence-electron chi connectivity index (χ1n) is 12.2.